The fourth-order valence-electron chi connectivity index (χ4n) is 5.23. The maximum absolute atomic E-state index is 12.8. The number of nitrogens with one attached hydrogen (secondary N) is 3. The smallest absolute Gasteiger partial charge is 0.255 e. The number of rotatable bonds is 4. The second kappa shape index (κ2) is 6.67. The fourth-order valence-corrected chi connectivity index (χ4v) is 5.23. The van der Waals surface area contributed by atoms with Crippen molar-refractivity contribution in [3.8, 4) is 0 Å². The van der Waals surface area contributed by atoms with Crippen LogP contribution in [-0.4, -0.2) is 47.8 Å². The van der Waals surface area contributed by atoms with Crippen LogP contribution in [0.4, 0.5) is 0 Å². The first-order valence-corrected chi connectivity index (χ1v) is 10.3. The first kappa shape index (κ1) is 17.8. The van der Waals surface area contributed by atoms with Crippen LogP contribution in [0.5, 0.6) is 0 Å². The highest BCUT2D eigenvalue weighted by molar-refractivity contribution is 6.05. The average Bonchev–Trinajstić information content (AvgIpc) is 3.21. The van der Waals surface area contributed by atoms with Gasteiger partial charge in [0.15, 0.2) is 0 Å². The van der Waals surface area contributed by atoms with Crippen LogP contribution in [0.2, 0.25) is 0 Å². The molecule has 1 aromatic carbocycles. The van der Waals surface area contributed by atoms with Crippen LogP contribution in [0.3, 0.4) is 0 Å². The summed E-state index contributed by atoms with van der Waals surface area (Å²) in [4.78, 5) is 37.9. The Labute approximate surface area is 164 Å². The Balaban J connectivity index is 1.27. The molecule has 3 amide bonds. The van der Waals surface area contributed by atoms with E-state index < -0.39 is 6.04 Å². The number of nitrogens with zero attached hydrogens (tertiary/aromatic N) is 1. The van der Waals surface area contributed by atoms with Crippen molar-refractivity contribution in [1.29, 1.82) is 0 Å². The van der Waals surface area contributed by atoms with Gasteiger partial charge in [-0.3, -0.25) is 19.7 Å². The number of fused-ring (bicyclic) bond motifs is 1. The predicted octanol–water partition coefficient (Wildman–Crippen LogP) is 0.679. The second-order valence-electron chi connectivity index (χ2n) is 8.67. The molecule has 3 heterocycles. The van der Waals surface area contributed by atoms with Crippen molar-refractivity contribution in [1.82, 2.24) is 20.9 Å². The van der Waals surface area contributed by atoms with E-state index in [0.29, 0.717) is 30.0 Å². The molecule has 3 aliphatic heterocycles. The molecule has 1 spiro atoms. The van der Waals surface area contributed by atoms with E-state index in [1.165, 1.54) is 19.3 Å². The lowest BCUT2D eigenvalue weighted by Crippen LogP contribution is -2.52. The summed E-state index contributed by atoms with van der Waals surface area (Å²) in [7, 11) is 0. The van der Waals surface area contributed by atoms with Crippen molar-refractivity contribution < 1.29 is 14.4 Å². The van der Waals surface area contributed by atoms with E-state index in [2.05, 4.69) is 22.0 Å². The third-order valence-corrected chi connectivity index (χ3v) is 7.05. The topological polar surface area (TPSA) is 90.5 Å². The monoisotopic (exact) mass is 382 g/mol. The number of imide groups is 1. The van der Waals surface area contributed by atoms with Crippen molar-refractivity contribution >= 4 is 17.7 Å². The molecule has 3 fully saturated rings. The van der Waals surface area contributed by atoms with Gasteiger partial charge in [0.05, 0.1) is 0 Å². The fraction of sp³-hybridized carbons (Fsp3) is 0.571. The summed E-state index contributed by atoms with van der Waals surface area (Å²) in [6.07, 6.45) is 4.62. The van der Waals surface area contributed by atoms with Gasteiger partial charge >= 0.3 is 0 Å². The van der Waals surface area contributed by atoms with E-state index in [1.807, 2.05) is 12.1 Å². The number of piperidine rings is 1. The lowest BCUT2D eigenvalue weighted by molar-refractivity contribution is -0.136. The van der Waals surface area contributed by atoms with Gasteiger partial charge in [0.25, 0.3) is 5.91 Å². The zero-order valence-corrected chi connectivity index (χ0v) is 15.9. The summed E-state index contributed by atoms with van der Waals surface area (Å²) in [5.41, 5.74) is 3.25. The predicted molar refractivity (Wildman–Crippen MR) is 102 cm³/mol. The first-order valence-electron chi connectivity index (χ1n) is 10.3. The van der Waals surface area contributed by atoms with Gasteiger partial charge in [0.1, 0.15) is 6.04 Å². The molecule has 2 atom stereocenters. The van der Waals surface area contributed by atoms with Gasteiger partial charge in [-0.15, -0.1) is 0 Å². The minimum Gasteiger partial charge on any atom is -0.322 e. The number of hydrogen-bond acceptors (Lipinski definition) is 5. The first-order chi connectivity index (χ1) is 13.6. The van der Waals surface area contributed by atoms with Crippen LogP contribution in [0.15, 0.2) is 18.2 Å². The van der Waals surface area contributed by atoms with E-state index in [-0.39, 0.29) is 24.1 Å². The molecule has 1 aliphatic carbocycles. The number of amides is 3. The normalized spacial score (nSPS) is 28.4. The standard InChI is InChI=1S/C21H26N4O3/c26-18-5-4-16(19(27)24-18)25-11-14-8-13(2-3-15(14)20(25)28)9-23-17-10-22-12-21(17)6-1-7-21/h2-3,8,16-17,22-23H,1,4-7,9-12H2,(H,24,26,27). The molecule has 0 radical (unpaired) electrons. The van der Waals surface area contributed by atoms with Crippen LogP contribution < -0.4 is 16.0 Å². The molecule has 3 N–H and O–H groups in total. The molecular formula is C21H26N4O3. The van der Waals surface area contributed by atoms with Crippen LogP contribution in [0, 0.1) is 5.41 Å². The Bertz CT molecular complexity index is 848. The number of hydrogen-bond donors (Lipinski definition) is 3. The van der Waals surface area contributed by atoms with Crippen LogP contribution in [0.1, 0.15) is 53.6 Å². The van der Waals surface area contributed by atoms with E-state index in [0.717, 1.165) is 30.8 Å². The lowest BCUT2D eigenvalue weighted by atomic mass is 9.66. The summed E-state index contributed by atoms with van der Waals surface area (Å²) >= 11 is 0. The molecule has 0 aromatic heterocycles. The molecule has 28 heavy (non-hydrogen) atoms. The minimum atomic E-state index is -0.554. The average molecular weight is 382 g/mol. The SMILES string of the molecule is O=C1CCC(N2Cc3cc(CNC4CNCC45CCC5)ccc3C2=O)C(=O)N1. The maximum Gasteiger partial charge on any atom is 0.255 e. The van der Waals surface area contributed by atoms with E-state index in [4.69, 9.17) is 0 Å². The van der Waals surface area contributed by atoms with Gasteiger partial charge < -0.3 is 15.5 Å². The molecule has 7 nitrogen and oxygen atoms in total. The molecule has 1 aromatic rings. The third kappa shape index (κ3) is 2.84. The largest absolute Gasteiger partial charge is 0.322 e. The van der Waals surface area contributed by atoms with Gasteiger partial charge in [-0.25, -0.2) is 0 Å². The van der Waals surface area contributed by atoms with Gasteiger partial charge in [-0.1, -0.05) is 18.6 Å². The van der Waals surface area contributed by atoms with Gasteiger partial charge in [0, 0.05) is 44.2 Å². The van der Waals surface area contributed by atoms with Gasteiger partial charge in [-0.05, 0) is 41.9 Å². The molecule has 4 aliphatic rings. The molecular weight excluding hydrogens is 356 g/mol. The van der Waals surface area contributed by atoms with Crippen molar-refractivity contribution in [3.63, 3.8) is 0 Å². The Hall–Kier alpha value is -2.25. The molecule has 2 saturated heterocycles. The molecule has 2 unspecified atom stereocenters. The molecule has 148 valence electrons. The summed E-state index contributed by atoms with van der Waals surface area (Å²) < 4.78 is 0. The number of carbonyl (C=O) groups is 3. The third-order valence-electron chi connectivity index (χ3n) is 7.05. The number of carbonyl (C=O) groups excluding carboxylic acids is 3. The quantitative estimate of drug-likeness (QED) is 0.667. The molecule has 0 bridgehead atoms. The highest BCUT2D eigenvalue weighted by atomic mass is 16.2. The number of benzene rings is 1. The highest BCUT2D eigenvalue weighted by Crippen LogP contribution is 2.45. The van der Waals surface area contributed by atoms with Crippen LogP contribution >= 0.6 is 0 Å². The molecule has 7 heteroatoms. The van der Waals surface area contributed by atoms with Crippen molar-refractivity contribution in [2.24, 2.45) is 5.41 Å². The summed E-state index contributed by atoms with van der Waals surface area (Å²) in [5.74, 6) is -0.736. The molecule has 1 saturated carbocycles. The Morgan fingerprint density at radius 1 is 1.21 bits per heavy atom. The Kier molecular flexibility index (Phi) is 4.25. The van der Waals surface area contributed by atoms with Crippen LogP contribution in [-0.2, 0) is 22.7 Å². The zero-order chi connectivity index (χ0) is 19.3. The maximum atomic E-state index is 12.8. The lowest BCUT2D eigenvalue weighted by Gasteiger charge is -2.43. The van der Waals surface area contributed by atoms with Gasteiger partial charge in [-0.2, -0.15) is 0 Å². The summed E-state index contributed by atoms with van der Waals surface area (Å²) in [6, 6.07) is 5.93. The van der Waals surface area contributed by atoms with Crippen molar-refractivity contribution in [2.45, 2.75) is 57.3 Å². The summed E-state index contributed by atoms with van der Waals surface area (Å²) in [6.45, 7) is 3.36. The van der Waals surface area contributed by atoms with Crippen LogP contribution in [0.25, 0.3) is 0 Å². The Morgan fingerprint density at radius 2 is 2.07 bits per heavy atom. The molecule has 5 rings (SSSR count). The van der Waals surface area contributed by atoms with Crippen molar-refractivity contribution in [3.05, 3.63) is 34.9 Å². The van der Waals surface area contributed by atoms with Crippen molar-refractivity contribution in [2.75, 3.05) is 13.1 Å². The summed E-state index contributed by atoms with van der Waals surface area (Å²) in [5, 5.41) is 9.59. The Morgan fingerprint density at radius 3 is 2.82 bits per heavy atom. The second-order valence-corrected chi connectivity index (χ2v) is 8.67. The minimum absolute atomic E-state index is 0.113. The zero-order valence-electron chi connectivity index (χ0n) is 15.9. The van der Waals surface area contributed by atoms with Gasteiger partial charge in [0.2, 0.25) is 11.8 Å². The van der Waals surface area contributed by atoms with E-state index in [1.54, 1.807) is 4.90 Å². The highest BCUT2D eigenvalue weighted by Gasteiger charge is 2.47. The van der Waals surface area contributed by atoms with E-state index >= 15 is 0 Å². The van der Waals surface area contributed by atoms with E-state index in [9.17, 15) is 14.4 Å².